The van der Waals surface area contributed by atoms with E-state index < -0.39 is 5.41 Å². The number of allylic oxidation sites excluding steroid dienone is 2. The summed E-state index contributed by atoms with van der Waals surface area (Å²) in [7, 11) is 1.60. The minimum absolute atomic E-state index is 0.101. The lowest BCUT2D eigenvalue weighted by Gasteiger charge is -2.36. The number of carbonyl (C=O) groups is 2. The summed E-state index contributed by atoms with van der Waals surface area (Å²) < 4.78 is 10.8. The highest BCUT2D eigenvalue weighted by Gasteiger charge is 2.61. The maximum atomic E-state index is 12.4. The van der Waals surface area contributed by atoms with Crippen molar-refractivity contribution >= 4 is 11.8 Å². The van der Waals surface area contributed by atoms with Gasteiger partial charge in [-0.2, -0.15) is 0 Å². The SMILES string of the molecule is COCC1C(=O)OC2C1CCC(C)C1C=CC(=O)C12C. The summed E-state index contributed by atoms with van der Waals surface area (Å²) in [5.74, 6) is 0.410. The van der Waals surface area contributed by atoms with Gasteiger partial charge in [-0.3, -0.25) is 9.59 Å². The Labute approximate surface area is 119 Å². The maximum absolute atomic E-state index is 12.4. The molecule has 0 N–H and O–H groups in total. The van der Waals surface area contributed by atoms with E-state index in [1.54, 1.807) is 13.2 Å². The predicted octanol–water partition coefficient (Wildman–Crippen LogP) is 1.98. The fourth-order valence-corrected chi connectivity index (χ4v) is 4.46. The van der Waals surface area contributed by atoms with Crippen LogP contribution in [0.2, 0.25) is 0 Å². The minimum atomic E-state index is -0.585. The number of rotatable bonds is 2. The molecule has 4 heteroatoms. The maximum Gasteiger partial charge on any atom is 0.312 e. The van der Waals surface area contributed by atoms with E-state index >= 15 is 0 Å². The Morgan fingerprint density at radius 1 is 1.40 bits per heavy atom. The van der Waals surface area contributed by atoms with Gasteiger partial charge in [0.2, 0.25) is 0 Å². The Morgan fingerprint density at radius 2 is 2.15 bits per heavy atom. The predicted molar refractivity (Wildman–Crippen MR) is 72.9 cm³/mol. The summed E-state index contributed by atoms with van der Waals surface area (Å²) in [6.45, 7) is 4.55. The van der Waals surface area contributed by atoms with Crippen molar-refractivity contribution in [3.8, 4) is 0 Å². The van der Waals surface area contributed by atoms with Gasteiger partial charge in [0.15, 0.2) is 5.78 Å². The molecule has 4 nitrogen and oxygen atoms in total. The minimum Gasteiger partial charge on any atom is -0.461 e. The molecular weight excluding hydrogens is 256 g/mol. The van der Waals surface area contributed by atoms with Crippen LogP contribution < -0.4 is 0 Å². The van der Waals surface area contributed by atoms with Gasteiger partial charge in [-0.15, -0.1) is 0 Å². The van der Waals surface area contributed by atoms with E-state index in [2.05, 4.69) is 6.92 Å². The van der Waals surface area contributed by atoms with Crippen molar-refractivity contribution in [2.75, 3.05) is 13.7 Å². The number of carbonyl (C=O) groups excluding carboxylic acids is 2. The lowest BCUT2D eigenvalue weighted by Crippen LogP contribution is -2.45. The molecule has 0 spiro atoms. The molecule has 6 atom stereocenters. The zero-order chi connectivity index (χ0) is 14.5. The highest BCUT2D eigenvalue weighted by Crippen LogP contribution is 2.54. The second kappa shape index (κ2) is 4.69. The number of ether oxygens (including phenoxy) is 2. The van der Waals surface area contributed by atoms with E-state index in [1.165, 1.54) is 0 Å². The van der Waals surface area contributed by atoms with Gasteiger partial charge in [0.05, 0.1) is 17.9 Å². The summed E-state index contributed by atoms with van der Waals surface area (Å²) in [6.07, 6.45) is 5.36. The summed E-state index contributed by atoms with van der Waals surface area (Å²) in [6, 6.07) is 0. The average Bonchev–Trinajstić information content (AvgIpc) is 2.85. The molecule has 6 unspecified atom stereocenters. The third-order valence-corrected chi connectivity index (χ3v) is 5.64. The number of esters is 1. The smallest absolute Gasteiger partial charge is 0.312 e. The molecule has 3 aliphatic rings. The van der Waals surface area contributed by atoms with Crippen molar-refractivity contribution in [3.05, 3.63) is 12.2 Å². The van der Waals surface area contributed by atoms with E-state index in [4.69, 9.17) is 9.47 Å². The van der Waals surface area contributed by atoms with Crippen molar-refractivity contribution < 1.29 is 19.1 Å². The van der Waals surface area contributed by atoms with Gasteiger partial charge in [0.1, 0.15) is 6.10 Å². The number of methoxy groups -OCH3 is 1. The van der Waals surface area contributed by atoms with Gasteiger partial charge in [0, 0.05) is 13.0 Å². The van der Waals surface area contributed by atoms with Gasteiger partial charge in [-0.05, 0) is 37.7 Å². The molecule has 2 fully saturated rings. The average molecular weight is 278 g/mol. The summed E-state index contributed by atoms with van der Waals surface area (Å²) >= 11 is 0. The molecule has 1 aliphatic heterocycles. The number of fused-ring (bicyclic) bond motifs is 3. The van der Waals surface area contributed by atoms with Crippen molar-refractivity contribution in [1.29, 1.82) is 0 Å². The number of ketones is 1. The van der Waals surface area contributed by atoms with Crippen molar-refractivity contribution in [3.63, 3.8) is 0 Å². The van der Waals surface area contributed by atoms with Crippen molar-refractivity contribution in [2.45, 2.75) is 32.8 Å². The number of hydrogen-bond donors (Lipinski definition) is 0. The van der Waals surface area contributed by atoms with E-state index in [0.29, 0.717) is 12.5 Å². The van der Waals surface area contributed by atoms with Crippen molar-refractivity contribution in [1.82, 2.24) is 0 Å². The first-order chi connectivity index (χ1) is 9.50. The Kier molecular flexibility index (Phi) is 3.24. The second-order valence-electron chi connectivity index (χ2n) is 6.67. The van der Waals surface area contributed by atoms with Crippen LogP contribution in [-0.2, 0) is 19.1 Å². The molecule has 1 saturated heterocycles. The summed E-state index contributed by atoms with van der Waals surface area (Å²) in [5.41, 5.74) is -0.585. The highest BCUT2D eigenvalue weighted by atomic mass is 16.6. The third kappa shape index (κ3) is 1.70. The van der Waals surface area contributed by atoms with Crippen LogP contribution in [0.4, 0.5) is 0 Å². The molecular formula is C16H22O4. The fraction of sp³-hybridized carbons (Fsp3) is 0.750. The first-order valence-corrected chi connectivity index (χ1v) is 7.42. The van der Waals surface area contributed by atoms with Gasteiger partial charge in [0.25, 0.3) is 0 Å². The molecule has 0 aromatic rings. The topological polar surface area (TPSA) is 52.6 Å². The van der Waals surface area contributed by atoms with Crippen molar-refractivity contribution in [2.24, 2.45) is 29.1 Å². The Morgan fingerprint density at radius 3 is 2.85 bits per heavy atom. The molecule has 3 rings (SSSR count). The van der Waals surface area contributed by atoms with Crippen LogP contribution >= 0.6 is 0 Å². The molecule has 0 aromatic heterocycles. The Balaban J connectivity index is 1.99. The molecule has 2 aliphatic carbocycles. The third-order valence-electron chi connectivity index (χ3n) is 5.64. The van der Waals surface area contributed by atoms with E-state index in [1.807, 2.05) is 13.0 Å². The molecule has 0 aromatic carbocycles. The van der Waals surface area contributed by atoms with Gasteiger partial charge in [-0.1, -0.05) is 13.0 Å². The largest absolute Gasteiger partial charge is 0.461 e. The van der Waals surface area contributed by atoms with Crippen LogP contribution in [-0.4, -0.2) is 31.6 Å². The van der Waals surface area contributed by atoms with Crippen LogP contribution in [0.1, 0.15) is 26.7 Å². The van der Waals surface area contributed by atoms with E-state index in [-0.39, 0.29) is 35.6 Å². The summed E-state index contributed by atoms with van der Waals surface area (Å²) in [4.78, 5) is 24.6. The number of hydrogen-bond acceptors (Lipinski definition) is 4. The van der Waals surface area contributed by atoms with Gasteiger partial charge >= 0.3 is 5.97 Å². The normalized spacial score (nSPS) is 46.9. The molecule has 0 radical (unpaired) electrons. The lowest BCUT2D eigenvalue weighted by molar-refractivity contribution is -0.153. The van der Waals surface area contributed by atoms with Crippen LogP contribution in [0.15, 0.2) is 12.2 Å². The van der Waals surface area contributed by atoms with E-state index in [9.17, 15) is 9.59 Å². The Hall–Kier alpha value is -1.16. The zero-order valence-electron chi connectivity index (χ0n) is 12.3. The molecule has 0 amide bonds. The Bertz CT molecular complexity index is 469. The molecule has 1 heterocycles. The molecule has 110 valence electrons. The molecule has 0 bridgehead atoms. The van der Waals surface area contributed by atoms with Gasteiger partial charge in [-0.25, -0.2) is 0 Å². The monoisotopic (exact) mass is 278 g/mol. The van der Waals surface area contributed by atoms with Crippen LogP contribution in [0.3, 0.4) is 0 Å². The van der Waals surface area contributed by atoms with Crippen LogP contribution in [0, 0.1) is 29.1 Å². The highest BCUT2D eigenvalue weighted by molar-refractivity contribution is 5.98. The quantitative estimate of drug-likeness (QED) is 0.725. The molecule has 1 saturated carbocycles. The summed E-state index contributed by atoms with van der Waals surface area (Å²) in [5, 5.41) is 0. The van der Waals surface area contributed by atoms with Crippen LogP contribution in [0.25, 0.3) is 0 Å². The first kappa shape index (κ1) is 13.8. The van der Waals surface area contributed by atoms with Gasteiger partial charge < -0.3 is 9.47 Å². The first-order valence-electron chi connectivity index (χ1n) is 7.42. The molecule has 20 heavy (non-hydrogen) atoms. The van der Waals surface area contributed by atoms with Crippen LogP contribution in [0.5, 0.6) is 0 Å². The standard InChI is InChI=1S/C16H22O4/c1-9-4-5-10-11(8-19-3)15(18)20-14(10)16(2)12(9)6-7-13(16)17/h6-7,9-12,14H,4-5,8H2,1-3H3. The van der Waals surface area contributed by atoms with E-state index in [0.717, 1.165) is 12.8 Å². The second-order valence-corrected chi connectivity index (χ2v) is 6.67. The lowest BCUT2D eigenvalue weighted by atomic mass is 9.67. The fourth-order valence-electron chi connectivity index (χ4n) is 4.46. The zero-order valence-corrected chi connectivity index (χ0v) is 12.3.